The lowest BCUT2D eigenvalue weighted by Gasteiger charge is -2.46. The van der Waals surface area contributed by atoms with Crippen LogP contribution in [0.15, 0.2) is 0 Å². The Morgan fingerprint density at radius 1 is 1.00 bits per heavy atom. The molecule has 0 amide bonds. The van der Waals surface area contributed by atoms with Crippen LogP contribution >= 0.6 is 0 Å². The average molecular weight is 186 g/mol. The first kappa shape index (κ1) is 12.9. The summed E-state index contributed by atoms with van der Waals surface area (Å²) in [6.07, 6.45) is 0. The third-order valence-electron chi connectivity index (χ3n) is 2.66. The van der Waals surface area contributed by atoms with Crippen molar-refractivity contribution in [2.24, 2.45) is 5.41 Å². The molecule has 0 aromatic carbocycles. The minimum atomic E-state index is 0.141. The zero-order valence-corrected chi connectivity index (χ0v) is 10.5. The summed E-state index contributed by atoms with van der Waals surface area (Å²) >= 11 is 0. The van der Waals surface area contributed by atoms with Crippen molar-refractivity contribution in [2.75, 3.05) is 21.1 Å². The minimum Gasteiger partial charge on any atom is -0.313 e. The highest BCUT2D eigenvalue weighted by molar-refractivity contribution is 4.97. The van der Waals surface area contributed by atoms with E-state index in [1.54, 1.807) is 0 Å². The van der Waals surface area contributed by atoms with Gasteiger partial charge in [0, 0.05) is 11.6 Å². The summed E-state index contributed by atoms with van der Waals surface area (Å²) < 4.78 is 0. The van der Waals surface area contributed by atoms with Crippen LogP contribution in [-0.4, -0.2) is 37.6 Å². The van der Waals surface area contributed by atoms with Crippen molar-refractivity contribution >= 4 is 0 Å². The predicted octanol–water partition coefficient (Wildman–Crippen LogP) is 1.96. The minimum absolute atomic E-state index is 0.141. The Bertz CT molecular complexity index is 154. The van der Waals surface area contributed by atoms with Gasteiger partial charge in [-0.3, -0.25) is 0 Å². The molecule has 1 atom stereocenters. The maximum atomic E-state index is 3.39. The van der Waals surface area contributed by atoms with Crippen LogP contribution in [0.5, 0.6) is 0 Å². The Balaban J connectivity index is 4.83. The number of hydrogen-bond donors (Lipinski definition) is 1. The first-order valence-corrected chi connectivity index (χ1v) is 4.98. The lowest BCUT2D eigenvalue weighted by atomic mass is 9.75. The van der Waals surface area contributed by atoms with E-state index in [2.05, 4.69) is 58.9 Å². The second kappa shape index (κ2) is 3.97. The van der Waals surface area contributed by atoms with Crippen molar-refractivity contribution in [3.63, 3.8) is 0 Å². The van der Waals surface area contributed by atoms with Crippen LogP contribution in [0, 0.1) is 5.41 Å². The molecule has 1 N–H and O–H groups in total. The van der Waals surface area contributed by atoms with Gasteiger partial charge in [0.15, 0.2) is 0 Å². The van der Waals surface area contributed by atoms with E-state index in [-0.39, 0.29) is 11.0 Å². The molecule has 80 valence electrons. The van der Waals surface area contributed by atoms with E-state index in [0.29, 0.717) is 6.04 Å². The standard InChI is InChI=1S/C11H26N2/c1-10(2,3)9(13(7)8)11(4,5)12-6/h9,12H,1-8H3. The molecule has 2 heteroatoms. The smallest absolute Gasteiger partial charge is 0.0314 e. The van der Waals surface area contributed by atoms with Gasteiger partial charge in [-0.25, -0.2) is 0 Å². The van der Waals surface area contributed by atoms with Crippen LogP contribution < -0.4 is 5.32 Å². The fraction of sp³-hybridized carbons (Fsp3) is 1.00. The fourth-order valence-corrected chi connectivity index (χ4v) is 2.64. The monoisotopic (exact) mass is 186 g/mol. The summed E-state index contributed by atoms with van der Waals surface area (Å²) in [6, 6.07) is 0.519. The highest BCUT2D eigenvalue weighted by Gasteiger charge is 2.38. The molecular formula is C11H26N2. The largest absolute Gasteiger partial charge is 0.313 e. The van der Waals surface area contributed by atoms with Crippen LogP contribution in [-0.2, 0) is 0 Å². The van der Waals surface area contributed by atoms with Gasteiger partial charge in [0.2, 0.25) is 0 Å². The van der Waals surface area contributed by atoms with E-state index in [1.807, 2.05) is 7.05 Å². The molecule has 2 nitrogen and oxygen atoms in total. The summed E-state index contributed by atoms with van der Waals surface area (Å²) in [6.45, 7) is 11.4. The maximum Gasteiger partial charge on any atom is 0.0314 e. The maximum absolute atomic E-state index is 3.39. The van der Waals surface area contributed by atoms with E-state index in [1.165, 1.54) is 0 Å². The lowest BCUT2D eigenvalue weighted by Crippen LogP contribution is -2.59. The first-order valence-electron chi connectivity index (χ1n) is 4.98. The van der Waals surface area contributed by atoms with E-state index in [0.717, 1.165) is 0 Å². The van der Waals surface area contributed by atoms with Crippen LogP contribution in [0.3, 0.4) is 0 Å². The molecule has 0 heterocycles. The molecule has 0 aromatic rings. The topological polar surface area (TPSA) is 15.3 Å². The Morgan fingerprint density at radius 3 is 1.46 bits per heavy atom. The van der Waals surface area contributed by atoms with Gasteiger partial charge in [0.1, 0.15) is 0 Å². The van der Waals surface area contributed by atoms with Crippen molar-refractivity contribution in [3.05, 3.63) is 0 Å². The van der Waals surface area contributed by atoms with Gasteiger partial charge in [-0.15, -0.1) is 0 Å². The van der Waals surface area contributed by atoms with Crippen LogP contribution in [0.2, 0.25) is 0 Å². The van der Waals surface area contributed by atoms with Crippen LogP contribution in [0.25, 0.3) is 0 Å². The fourth-order valence-electron chi connectivity index (χ4n) is 2.64. The Morgan fingerprint density at radius 2 is 1.38 bits per heavy atom. The molecule has 0 aliphatic carbocycles. The van der Waals surface area contributed by atoms with Crippen molar-refractivity contribution in [1.29, 1.82) is 0 Å². The van der Waals surface area contributed by atoms with E-state index >= 15 is 0 Å². The zero-order chi connectivity index (χ0) is 10.9. The average Bonchev–Trinajstić information content (AvgIpc) is 1.82. The first-order chi connectivity index (χ1) is 5.63. The zero-order valence-electron chi connectivity index (χ0n) is 10.5. The van der Waals surface area contributed by atoms with Gasteiger partial charge >= 0.3 is 0 Å². The second-order valence-corrected chi connectivity index (χ2v) is 5.70. The van der Waals surface area contributed by atoms with Crippen LogP contribution in [0.1, 0.15) is 34.6 Å². The van der Waals surface area contributed by atoms with Crippen molar-refractivity contribution in [1.82, 2.24) is 10.2 Å². The van der Waals surface area contributed by atoms with Gasteiger partial charge < -0.3 is 10.2 Å². The summed E-state index contributed by atoms with van der Waals surface area (Å²) in [7, 11) is 6.33. The molecule has 0 aliphatic rings. The highest BCUT2D eigenvalue weighted by atomic mass is 15.2. The molecule has 0 aliphatic heterocycles. The second-order valence-electron chi connectivity index (χ2n) is 5.70. The van der Waals surface area contributed by atoms with Gasteiger partial charge in [-0.1, -0.05) is 20.8 Å². The normalized spacial score (nSPS) is 16.4. The Kier molecular flexibility index (Phi) is 3.95. The number of rotatable bonds is 3. The molecule has 13 heavy (non-hydrogen) atoms. The number of nitrogens with one attached hydrogen (secondary N) is 1. The number of hydrogen-bond acceptors (Lipinski definition) is 2. The highest BCUT2D eigenvalue weighted by Crippen LogP contribution is 2.30. The predicted molar refractivity (Wildman–Crippen MR) is 60.1 cm³/mol. The molecule has 0 spiro atoms. The molecule has 0 radical (unpaired) electrons. The molecule has 1 unspecified atom stereocenters. The summed E-state index contributed by atoms with van der Waals surface area (Å²) in [5, 5.41) is 3.39. The van der Waals surface area contributed by atoms with E-state index in [4.69, 9.17) is 0 Å². The molecule has 0 aromatic heterocycles. The molecular weight excluding hydrogens is 160 g/mol. The van der Waals surface area contributed by atoms with Crippen molar-refractivity contribution < 1.29 is 0 Å². The molecule has 0 saturated carbocycles. The summed E-state index contributed by atoms with van der Waals surface area (Å²) in [5.41, 5.74) is 0.428. The SMILES string of the molecule is CNC(C)(C)C(N(C)C)C(C)(C)C. The summed E-state index contributed by atoms with van der Waals surface area (Å²) in [5.74, 6) is 0. The van der Waals surface area contributed by atoms with Gasteiger partial charge in [0.25, 0.3) is 0 Å². The Labute approximate surface area is 83.7 Å². The lowest BCUT2D eigenvalue weighted by molar-refractivity contribution is 0.0730. The third kappa shape index (κ3) is 3.28. The third-order valence-corrected chi connectivity index (χ3v) is 2.66. The molecule has 0 fully saturated rings. The molecule has 0 rings (SSSR count). The van der Waals surface area contributed by atoms with E-state index < -0.39 is 0 Å². The van der Waals surface area contributed by atoms with Gasteiger partial charge in [-0.05, 0) is 40.4 Å². The van der Waals surface area contributed by atoms with Crippen LogP contribution in [0.4, 0.5) is 0 Å². The van der Waals surface area contributed by atoms with E-state index in [9.17, 15) is 0 Å². The Hall–Kier alpha value is -0.0800. The quantitative estimate of drug-likeness (QED) is 0.725. The van der Waals surface area contributed by atoms with Gasteiger partial charge in [-0.2, -0.15) is 0 Å². The molecule has 0 bridgehead atoms. The van der Waals surface area contributed by atoms with Crippen molar-refractivity contribution in [3.8, 4) is 0 Å². The van der Waals surface area contributed by atoms with Crippen molar-refractivity contribution in [2.45, 2.75) is 46.2 Å². The number of nitrogens with zero attached hydrogens (tertiary/aromatic N) is 1. The van der Waals surface area contributed by atoms with Gasteiger partial charge in [0.05, 0.1) is 0 Å². The summed E-state index contributed by atoms with van der Waals surface area (Å²) in [4.78, 5) is 2.30. The molecule has 0 saturated heterocycles. The number of likely N-dealkylation sites (N-methyl/N-ethyl adjacent to an activating group) is 2.